The number of anilines is 2. The molecule has 25 heavy (non-hydrogen) atoms. The molecule has 0 atom stereocenters. The van der Waals surface area contributed by atoms with Crippen LogP contribution in [-0.4, -0.2) is 33.9 Å². The summed E-state index contributed by atoms with van der Waals surface area (Å²) in [5.41, 5.74) is 0.293. The number of aryl methyl sites for hydroxylation is 1. The van der Waals surface area contributed by atoms with Gasteiger partial charge in [0.25, 0.3) is 6.43 Å². The molecule has 6 nitrogen and oxygen atoms in total. The summed E-state index contributed by atoms with van der Waals surface area (Å²) in [4.78, 5) is 26.8. The number of alkyl halides is 2. The maximum Gasteiger partial charge on any atom is 0.284 e. The van der Waals surface area contributed by atoms with Crippen molar-refractivity contribution in [2.24, 2.45) is 7.05 Å². The van der Waals surface area contributed by atoms with Crippen molar-refractivity contribution < 1.29 is 18.4 Å². The van der Waals surface area contributed by atoms with Gasteiger partial charge in [-0.05, 0) is 12.1 Å². The smallest absolute Gasteiger partial charge is 0.284 e. The van der Waals surface area contributed by atoms with E-state index in [2.05, 4.69) is 10.4 Å². The van der Waals surface area contributed by atoms with E-state index in [0.29, 0.717) is 5.75 Å². The molecule has 0 saturated heterocycles. The van der Waals surface area contributed by atoms with Gasteiger partial charge < -0.3 is 10.2 Å². The van der Waals surface area contributed by atoms with Gasteiger partial charge in [0.1, 0.15) is 0 Å². The van der Waals surface area contributed by atoms with Crippen LogP contribution in [0.3, 0.4) is 0 Å². The highest BCUT2D eigenvalue weighted by Gasteiger charge is 2.25. The number of nitrogens with one attached hydrogen (secondary N) is 1. The molecule has 3 rings (SSSR count). The van der Waals surface area contributed by atoms with E-state index >= 15 is 0 Å². The highest BCUT2D eigenvalue weighted by molar-refractivity contribution is 8.00. The number of nitrogens with zero attached hydrogens (tertiary/aromatic N) is 3. The zero-order chi connectivity index (χ0) is 18.0. The van der Waals surface area contributed by atoms with Gasteiger partial charge in [-0.25, -0.2) is 8.78 Å². The lowest BCUT2D eigenvalue weighted by atomic mass is 10.2. The first kappa shape index (κ1) is 17.4. The van der Waals surface area contributed by atoms with Crippen molar-refractivity contribution in [1.82, 2.24) is 9.78 Å². The minimum absolute atomic E-state index is 0.00229. The first-order valence-electron chi connectivity index (χ1n) is 7.59. The molecular weight excluding hydrogens is 350 g/mol. The predicted molar refractivity (Wildman–Crippen MR) is 90.9 cm³/mol. The lowest BCUT2D eigenvalue weighted by Gasteiger charge is -2.28. The van der Waals surface area contributed by atoms with Crippen molar-refractivity contribution in [2.45, 2.75) is 17.7 Å². The number of rotatable bonds is 5. The van der Waals surface area contributed by atoms with Gasteiger partial charge in [0, 0.05) is 31.1 Å². The van der Waals surface area contributed by atoms with Gasteiger partial charge in [0.15, 0.2) is 5.69 Å². The molecule has 0 spiro atoms. The number of halogens is 2. The van der Waals surface area contributed by atoms with Crippen molar-refractivity contribution in [2.75, 3.05) is 22.5 Å². The molecule has 0 unspecified atom stereocenters. The van der Waals surface area contributed by atoms with Gasteiger partial charge in [0.2, 0.25) is 11.8 Å². The molecule has 1 aromatic heterocycles. The number of fused-ring (bicyclic) bond motifs is 1. The lowest BCUT2D eigenvalue weighted by molar-refractivity contribution is -0.117. The molecule has 1 N–H and O–H groups in total. The summed E-state index contributed by atoms with van der Waals surface area (Å²) in [5, 5.41) is 6.09. The second-order valence-corrected chi connectivity index (χ2v) is 6.52. The topological polar surface area (TPSA) is 67.2 Å². The van der Waals surface area contributed by atoms with Gasteiger partial charge in [0.05, 0.1) is 17.1 Å². The quantitative estimate of drug-likeness (QED) is 0.884. The van der Waals surface area contributed by atoms with Crippen molar-refractivity contribution in [3.8, 4) is 0 Å². The lowest BCUT2D eigenvalue weighted by Crippen LogP contribution is -2.37. The van der Waals surface area contributed by atoms with Gasteiger partial charge >= 0.3 is 0 Å². The summed E-state index contributed by atoms with van der Waals surface area (Å²) < 4.78 is 27.0. The Hall–Kier alpha value is -2.42. The van der Waals surface area contributed by atoms with Crippen LogP contribution < -0.4 is 10.2 Å². The summed E-state index contributed by atoms with van der Waals surface area (Å²) in [6, 6.07) is 7.47. The fourth-order valence-electron chi connectivity index (χ4n) is 2.59. The number of thioether (sulfide) groups is 1. The number of benzene rings is 1. The Morgan fingerprint density at radius 3 is 2.92 bits per heavy atom. The van der Waals surface area contributed by atoms with Crippen molar-refractivity contribution in [1.29, 1.82) is 0 Å². The molecule has 0 radical (unpaired) electrons. The van der Waals surface area contributed by atoms with Gasteiger partial charge in [-0.3, -0.25) is 14.3 Å². The average molecular weight is 366 g/mol. The molecule has 132 valence electrons. The van der Waals surface area contributed by atoms with Crippen molar-refractivity contribution in [3.63, 3.8) is 0 Å². The van der Waals surface area contributed by atoms with E-state index in [1.54, 1.807) is 4.90 Å². The largest absolute Gasteiger partial charge is 0.323 e. The third kappa shape index (κ3) is 3.81. The van der Waals surface area contributed by atoms with E-state index in [0.717, 1.165) is 10.6 Å². The first-order valence-corrected chi connectivity index (χ1v) is 8.58. The van der Waals surface area contributed by atoms with Crippen LogP contribution in [0.4, 0.5) is 20.2 Å². The Balaban J connectivity index is 1.66. The molecule has 0 fully saturated rings. The number of carbonyl (C=O) groups is 2. The summed E-state index contributed by atoms with van der Waals surface area (Å²) in [6.07, 6.45) is -1.44. The van der Waals surface area contributed by atoms with Gasteiger partial charge in [-0.1, -0.05) is 12.1 Å². The van der Waals surface area contributed by atoms with Crippen LogP contribution in [-0.2, 0) is 16.6 Å². The molecule has 2 heterocycles. The van der Waals surface area contributed by atoms with Crippen LogP contribution in [0, 0.1) is 0 Å². The fourth-order valence-corrected chi connectivity index (χ4v) is 3.52. The molecular formula is C16H16F2N4O2S. The number of aromatic nitrogens is 2. The molecule has 9 heteroatoms. The summed E-state index contributed by atoms with van der Waals surface area (Å²) in [7, 11) is 1.50. The van der Waals surface area contributed by atoms with E-state index in [1.807, 2.05) is 24.3 Å². The Morgan fingerprint density at radius 1 is 1.40 bits per heavy atom. The monoisotopic (exact) mass is 366 g/mol. The molecule has 0 aliphatic carbocycles. The zero-order valence-electron chi connectivity index (χ0n) is 13.4. The van der Waals surface area contributed by atoms with Crippen LogP contribution >= 0.6 is 11.8 Å². The molecule has 2 amide bonds. The maximum atomic E-state index is 12.9. The van der Waals surface area contributed by atoms with Crippen LogP contribution in [0.25, 0.3) is 0 Å². The predicted octanol–water partition coefficient (Wildman–Crippen LogP) is 2.83. The number of hydrogen-bond donors (Lipinski definition) is 1. The molecule has 1 aromatic carbocycles. The Bertz CT molecular complexity index is 809. The SMILES string of the molecule is Cn1cc(NC(=O)CCN2C(=O)CSc3ccccc32)c(C(F)F)n1. The number of hydrogen-bond acceptors (Lipinski definition) is 4. The summed E-state index contributed by atoms with van der Waals surface area (Å²) in [5.74, 6) is -0.207. The third-order valence-corrected chi connectivity index (χ3v) is 4.76. The first-order chi connectivity index (χ1) is 12.0. The van der Waals surface area contributed by atoms with E-state index < -0.39 is 18.0 Å². The average Bonchev–Trinajstić information content (AvgIpc) is 2.94. The van der Waals surface area contributed by atoms with Crippen molar-refractivity contribution >= 4 is 35.0 Å². The van der Waals surface area contributed by atoms with E-state index in [-0.39, 0.29) is 24.6 Å². The number of amides is 2. The Labute approximate surface area is 147 Å². The minimum Gasteiger partial charge on any atom is -0.323 e. The van der Waals surface area contributed by atoms with E-state index in [9.17, 15) is 18.4 Å². The highest BCUT2D eigenvalue weighted by Crippen LogP contribution is 2.35. The second-order valence-electron chi connectivity index (χ2n) is 5.50. The molecule has 0 saturated carbocycles. The molecule has 0 bridgehead atoms. The van der Waals surface area contributed by atoms with E-state index in [4.69, 9.17) is 0 Å². The van der Waals surface area contributed by atoms with E-state index in [1.165, 1.54) is 29.7 Å². The maximum absolute atomic E-state index is 12.9. The normalized spacial score (nSPS) is 13.9. The summed E-state index contributed by atoms with van der Waals surface area (Å²) >= 11 is 1.46. The Morgan fingerprint density at radius 2 is 2.16 bits per heavy atom. The molecule has 2 aromatic rings. The van der Waals surface area contributed by atoms with Gasteiger partial charge in [-0.15, -0.1) is 11.8 Å². The number of carbonyl (C=O) groups excluding carboxylic acids is 2. The van der Waals surface area contributed by atoms with Crippen LogP contribution in [0.15, 0.2) is 35.4 Å². The molecule has 1 aliphatic heterocycles. The number of para-hydroxylation sites is 1. The van der Waals surface area contributed by atoms with Crippen LogP contribution in [0.1, 0.15) is 18.5 Å². The second kappa shape index (κ2) is 7.22. The van der Waals surface area contributed by atoms with Crippen molar-refractivity contribution in [3.05, 3.63) is 36.2 Å². The minimum atomic E-state index is -2.77. The van der Waals surface area contributed by atoms with Crippen LogP contribution in [0.2, 0.25) is 0 Å². The molecule has 1 aliphatic rings. The van der Waals surface area contributed by atoms with Gasteiger partial charge in [-0.2, -0.15) is 5.10 Å². The third-order valence-electron chi connectivity index (χ3n) is 3.71. The van der Waals surface area contributed by atoms with Crippen LogP contribution in [0.5, 0.6) is 0 Å². The Kier molecular flexibility index (Phi) is 5.03. The summed E-state index contributed by atoms with van der Waals surface area (Å²) in [6.45, 7) is 0.187. The zero-order valence-corrected chi connectivity index (χ0v) is 14.2. The standard InChI is InChI=1S/C16H16F2N4O2S/c1-21-8-10(15(20-21)16(17)18)19-13(23)6-7-22-11-4-2-3-5-12(11)25-9-14(22)24/h2-5,8,16H,6-7,9H2,1H3,(H,19,23). The fraction of sp³-hybridized carbons (Fsp3) is 0.312. The highest BCUT2D eigenvalue weighted by atomic mass is 32.2.